The fraction of sp³-hybridized carbons (Fsp3) is 0.625. The van der Waals surface area contributed by atoms with Gasteiger partial charge in [0.15, 0.2) is 0 Å². The van der Waals surface area contributed by atoms with Crippen molar-refractivity contribution in [3.63, 3.8) is 0 Å². The molecule has 0 aliphatic heterocycles. The van der Waals surface area contributed by atoms with Crippen molar-refractivity contribution in [1.82, 2.24) is 0 Å². The van der Waals surface area contributed by atoms with Gasteiger partial charge in [-0.25, -0.2) is 4.79 Å². The van der Waals surface area contributed by atoms with Gasteiger partial charge in [0, 0.05) is 6.42 Å². The van der Waals surface area contributed by atoms with Gasteiger partial charge in [0.2, 0.25) is 0 Å². The summed E-state index contributed by atoms with van der Waals surface area (Å²) in [4.78, 5) is 10.9. The molecule has 0 spiro atoms. The van der Waals surface area contributed by atoms with Crippen molar-refractivity contribution >= 4 is 5.97 Å². The number of hydrogen-bond donors (Lipinski definition) is 1. The number of rotatable bonds is 3. The van der Waals surface area contributed by atoms with E-state index < -0.39 is 5.97 Å². The molecule has 11 heavy (non-hydrogen) atoms. The Morgan fingerprint density at radius 3 is 2.36 bits per heavy atom. The van der Waals surface area contributed by atoms with Crippen LogP contribution in [-0.2, 0) is 9.53 Å². The van der Waals surface area contributed by atoms with Crippen LogP contribution < -0.4 is 0 Å². The van der Waals surface area contributed by atoms with Gasteiger partial charge in [0.25, 0.3) is 0 Å². The number of aliphatic hydroxyl groups is 1. The SMILES string of the molecule is CCOC(=O)/C(C)=C(/O)CC. The highest BCUT2D eigenvalue weighted by Crippen LogP contribution is 2.05. The van der Waals surface area contributed by atoms with Crippen LogP contribution in [0.1, 0.15) is 27.2 Å². The topological polar surface area (TPSA) is 46.5 Å². The van der Waals surface area contributed by atoms with E-state index in [1.807, 2.05) is 0 Å². The summed E-state index contributed by atoms with van der Waals surface area (Å²) in [5.74, 6) is -0.338. The smallest absolute Gasteiger partial charge is 0.337 e. The molecule has 0 radical (unpaired) electrons. The van der Waals surface area contributed by atoms with Gasteiger partial charge in [-0.05, 0) is 13.8 Å². The third-order valence-electron chi connectivity index (χ3n) is 1.35. The zero-order chi connectivity index (χ0) is 8.85. The number of hydrogen-bond acceptors (Lipinski definition) is 3. The fourth-order valence-corrected chi connectivity index (χ4v) is 0.622. The maximum atomic E-state index is 10.9. The third kappa shape index (κ3) is 3.07. The van der Waals surface area contributed by atoms with Crippen molar-refractivity contribution < 1.29 is 14.6 Å². The number of ether oxygens (including phenoxy) is 1. The maximum absolute atomic E-state index is 10.9. The molecule has 1 N–H and O–H groups in total. The number of carbonyl (C=O) groups excluding carboxylic acids is 1. The van der Waals surface area contributed by atoms with Crippen LogP contribution in [0.3, 0.4) is 0 Å². The van der Waals surface area contributed by atoms with Crippen LogP contribution in [0.15, 0.2) is 11.3 Å². The second kappa shape index (κ2) is 4.77. The number of allylic oxidation sites excluding steroid dienone is 1. The highest BCUT2D eigenvalue weighted by atomic mass is 16.5. The lowest BCUT2D eigenvalue weighted by molar-refractivity contribution is -0.138. The molecule has 0 bridgehead atoms. The highest BCUT2D eigenvalue weighted by Gasteiger charge is 2.08. The molecule has 0 saturated heterocycles. The van der Waals surface area contributed by atoms with Gasteiger partial charge >= 0.3 is 5.97 Å². The van der Waals surface area contributed by atoms with Crippen LogP contribution in [0.2, 0.25) is 0 Å². The zero-order valence-electron chi connectivity index (χ0n) is 7.18. The Morgan fingerprint density at radius 2 is 2.00 bits per heavy atom. The molecular weight excluding hydrogens is 144 g/mol. The summed E-state index contributed by atoms with van der Waals surface area (Å²) in [5, 5.41) is 9.10. The van der Waals surface area contributed by atoms with Crippen LogP contribution in [-0.4, -0.2) is 17.7 Å². The first-order chi connectivity index (χ1) is 5.13. The molecule has 0 aromatic heterocycles. The summed E-state index contributed by atoms with van der Waals surface area (Å²) in [6, 6.07) is 0. The van der Waals surface area contributed by atoms with E-state index in [1.165, 1.54) is 0 Å². The summed E-state index contributed by atoms with van der Waals surface area (Å²) >= 11 is 0. The van der Waals surface area contributed by atoms with Gasteiger partial charge < -0.3 is 9.84 Å². The molecule has 0 saturated carbocycles. The Bertz CT molecular complexity index is 170. The van der Waals surface area contributed by atoms with E-state index in [-0.39, 0.29) is 5.76 Å². The highest BCUT2D eigenvalue weighted by molar-refractivity contribution is 5.88. The molecule has 0 aliphatic carbocycles. The van der Waals surface area contributed by atoms with Gasteiger partial charge in [0.1, 0.15) is 5.76 Å². The summed E-state index contributed by atoms with van der Waals surface area (Å²) < 4.78 is 4.67. The molecular formula is C8H14O3. The van der Waals surface area contributed by atoms with E-state index in [9.17, 15) is 4.79 Å². The minimum absolute atomic E-state index is 0.100. The molecule has 0 heterocycles. The van der Waals surface area contributed by atoms with Gasteiger partial charge in [0.05, 0.1) is 12.2 Å². The van der Waals surface area contributed by atoms with Crippen molar-refractivity contribution in [2.24, 2.45) is 0 Å². The Morgan fingerprint density at radius 1 is 1.45 bits per heavy atom. The first-order valence-electron chi connectivity index (χ1n) is 3.69. The molecule has 0 fully saturated rings. The van der Waals surface area contributed by atoms with E-state index in [0.717, 1.165) is 0 Å². The van der Waals surface area contributed by atoms with Crippen LogP contribution >= 0.6 is 0 Å². The third-order valence-corrected chi connectivity index (χ3v) is 1.35. The predicted octanol–water partition coefficient (Wildman–Crippen LogP) is 1.79. The summed E-state index contributed by atoms with van der Waals surface area (Å²) in [5.41, 5.74) is 0.300. The lowest BCUT2D eigenvalue weighted by Crippen LogP contribution is -2.07. The molecule has 0 aromatic rings. The van der Waals surface area contributed by atoms with Gasteiger partial charge in [-0.15, -0.1) is 0 Å². The standard InChI is InChI=1S/C8H14O3/c1-4-7(9)6(3)8(10)11-5-2/h9H,4-5H2,1-3H3/b7-6+. The maximum Gasteiger partial charge on any atom is 0.337 e. The first kappa shape index (κ1) is 10.0. The van der Waals surface area contributed by atoms with E-state index in [2.05, 4.69) is 4.74 Å². The van der Waals surface area contributed by atoms with Crippen molar-refractivity contribution in [2.75, 3.05) is 6.61 Å². The average Bonchev–Trinajstić information content (AvgIpc) is 2.02. The normalized spacial score (nSPS) is 12.3. The second-order valence-electron chi connectivity index (χ2n) is 2.15. The molecule has 0 aromatic carbocycles. The zero-order valence-corrected chi connectivity index (χ0v) is 7.18. The van der Waals surface area contributed by atoms with Crippen LogP contribution in [0, 0.1) is 0 Å². The van der Waals surface area contributed by atoms with E-state index in [0.29, 0.717) is 18.6 Å². The van der Waals surface area contributed by atoms with Gasteiger partial charge in [-0.2, -0.15) is 0 Å². The summed E-state index contributed by atoms with van der Waals surface area (Å²) in [7, 11) is 0. The molecule has 3 nitrogen and oxygen atoms in total. The molecule has 0 amide bonds. The average molecular weight is 158 g/mol. The largest absolute Gasteiger partial charge is 0.512 e. The molecule has 3 heteroatoms. The molecule has 0 aliphatic rings. The van der Waals surface area contributed by atoms with Gasteiger partial charge in [-0.1, -0.05) is 6.92 Å². The molecule has 0 rings (SSSR count). The van der Waals surface area contributed by atoms with E-state index in [1.54, 1.807) is 20.8 Å². The van der Waals surface area contributed by atoms with Crippen molar-refractivity contribution in [3.8, 4) is 0 Å². The van der Waals surface area contributed by atoms with E-state index >= 15 is 0 Å². The second-order valence-corrected chi connectivity index (χ2v) is 2.15. The summed E-state index contributed by atoms with van der Waals surface area (Å²) in [6.45, 7) is 5.40. The van der Waals surface area contributed by atoms with Crippen LogP contribution in [0.4, 0.5) is 0 Å². The summed E-state index contributed by atoms with van der Waals surface area (Å²) in [6.07, 6.45) is 0.463. The lowest BCUT2D eigenvalue weighted by Gasteiger charge is -2.02. The monoisotopic (exact) mass is 158 g/mol. The molecule has 64 valence electrons. The quantitative estimate of drug-likeness (QED) is 0.387. The predicted molar refractivity (Wildman–Crippen MR) is 42.3 cm³/mol. The Balaban J connectivity index is 4.22. The lowest BCUT2D eigenvalue weighted by atomic mass is 10.2. The number of esters is 1. The number of aliphatic hydroxyl groups excluding tert-OH is 1. The van der Waals surface area contributed by atoms with Crippen LogP contribution in [0.5, 0.6) is 0 Å². The fourth-order valence-electron chi connectivity index (χ4n) is 0.622. The minimum Gasteiger partial charge on any atom is -0.512 e. The Labute approximate surface area is 66.7 Å². The molecule has 0 unspecified atom stereocenters. The van der Waals surface area contributed by atoms with Crippen molar-refractivity contribution in [2.45, 2.75) is 27.2 Å². The first-order valence-corrected chi connectivity index (χ1v) is 3.69. The Kier molecular flexibility index (Phi) is 4.34. The number of carbonyl (C=O) groups is 1. The van der Waals surface area contributed by atoms with Gasteiger partial charge in [-0.3, -0.25) is 0 Å². The van der Waals surface area contributed by atoms with Crippen LogP contribution in [0.25, 0.3) is 0 Å². The van der Waals surface area contributed by atoms with Crippen molar-refractivity contribution in [3.05, 3.63) is 11.3 Å². The van der Waals surface area contributed by atoms with Crippen molar-refractivity contribution in [1.29, 1.82) is 0 Å². The minimum atomic E-state index is -0.438. The molecule has 0 atom stereocenters. The Hall–Kier alpha value is -0.990. The van der Waals surface area contributed by atoms with E-state index in [4.69, 9.17) is 5.11 Å².